The van der Waals surface area contributed by atoms with Crippen LogP contribution in [0.2, 0.25) is 0 Å². The highest BCUT2D eigenvalue weighted by atomic mass is 16.7. The Bertz CT molecular complexity index is 654. The quantitative estimate of drug-likeness (QED) is 0.856. The molecule has 2 amide bonds. The zero-order chi connectivity index (χ0) is 16.4. The molecule has 2 heterocycles. The summed E-state index contributed by atoms with van der Waals surface area (Å²) in [6.45, 7) is 5.12. The van der Waals surface area contributed by atoms with Crippen molar-refractivity contribution in [1.29, 1.82) is 0 Å². The number of hydrogen-bond donors (Lipinski definition) is 1. The third kappa shape index (κ3) is 3.16. The summed E-state index contributed by atoms with van der Waals surface area (Å²) < 4.78 is 10.6. The van der Waals surface area contributed by atoms with Crippen molar-refractivity contribution in [2.45, 2.75) is 19.9 Å². The summed E-state index contributed by atoms with van der Waals surface area (Å²) in [7, 11) is 0. The summed E-state index contributed by atoms with van der Waals surface area (Å²) in [4.78, 5) is 26.1. The van der Waals surface area contributed by atoms with E-state index in [1.165, 1.54) is 6.08 Å². The standard InChI is InChI=1S/C17H20N2O4/c1-11(2)16-17(21)18-7-8-19(16)15(20)6-4-12-3-5-13-14(9-12)23-10-22-13/h3-6,9,11,16H,7-8,10H2,1-2H3,(H,18,21). The summed E-state index contributed by atoms with van der Waals surface area (Å²) in [6, 6.07) is 5.09. The number of nitrogens with zero attached hydrogens (tertiary/aromatic N) is 1. The molecule has 2 aliphatic heterocycles. The van der Waals surface area contributed by atoms with Gasteiger partial charge in [0.25, 0.3) is 0 Å². The normalized spacial score (nSPS) is 20.2. The molecule has 1 atom stereocenters. The minimum Gasteiger partial charge on any atom is -0.454 e. The average molecular weight is 316 g/mol. The Labute approximate surface area is 135 Å². The molecule has 1 unspecified atom stereocenters. The molecule has 0 spiro atoms. The lowest BCUT2D eigenvalue weighted by Crippen LogP contribution is -2.58. The number of fused-ring (bicyclic) bond motifs is 1. The number of nitrogens with one attached hydrogen (secondary N) is 1. The highest BCUT2D eigenvalue weighted by Crippen LogP contribution is 2.32. The Kier molecular flexibility index (Phi) is 4.23. The van der Waals surface area contributed by atoms with E-state index < -0.39 is 6.04 Å². The molecular formula is C17H20N2O4. The molecular weight excluding hydrogens is 296 g/mol. The molecule has 1 aromatic rings. The third-order valence-electron chi connectivity index (χ3n) is 3.99. The third-order valence-corrected chi connectivity index (χ3v) is 3.99. The van der Waals surface area contributed by atoms with Crippen LogP contribution in [0.4, 0.5) is 0 Å². The van der Waals surface area contributed by atoms with Gasteiger partial charge in [-0.25, -0.2) is 0 Å². The molecule has 6 heteroatoms. The van der Waals surface area contributed by atoms with Crippen molar-refractivity contribution in [3.63, 3.8) is 0 Å². The first-order valence-electron chi connectivity index (χ1n) is 7.72. The van der Waals surface area contributed by atoms with E-state index in [0.29, 0.717) is 24.6 Å². The summed E-state index contributed by atoms with van der Waals surface area (Å²) in [5, 5.41) is 2.81. The Hall–Kier alpha value is -2.50. The maximum Gasteiger partial charge on any atom is 0.247 e. The first-order valence-corrected chi connectivity index (χ1v) is 7.72. The van der Waals surface area contributed by atoms with E-state index in [1.54, 1.807) is 11.0 Å². The van der Waals surface area contributed by atoms with Crippen LogP contribution in [-0.2, 0) is 9.59 Å². The first kappa shape index (κ1) is 15.4. The number of carbonyl (C=O) groups excluding carboxylic acids is 2. The van der Waals surface area contributed by atoms with E-state index >= 15 is 0 Å². The van der Waals surface area contributed by atoms with Crippen molar-refractivity contribution in [3.8, 4) is 11.5 Å². The second kappa shape index (κ2) is 6.32. The molecule has 1 aromatic carbocycles. The van der Waals surface area contributed by atoms with E-state index in [1.807, 2.05) is 32.0 Å². The highest BCUT2D eigenvalue weighted by Gasteiger charge is 2.34. The zero-order valence-electron chi connectivity index (χ0n) is 13.2. The maximum atomic E-state index is 12.5. The van der Waals surface area contributed by atoms with Crippen LogP contribution in [0.15, 0.2) is 24.3 Å². The summed E-state index contributed by atoms with van der Waals surface area (Å²) in [5.74, 6) is 1.21. The van der Waals surface area contributed by atoms with Gasteiger partial charge in [0.15, 0.2) is 11.5 Å². The van der Waals surface area contributed by atoms with Gasteiger partial charge in [0.1, 0.15) is 6.04 Å². The Balaban J connectivity index is 1.73. The van der Waals surface area contributed by atoms with Crippen molar-refractivity contribution in [2.75, 3.05) is 19.9 Å². The molecule has 23 heavy (non-hydrogen) atoms. The molecule has 1 saturated heterocycles. The topological polar surface area (TPSA) is 67.9 Å². The van der Waals surface area contributed by atoms with Gasteiger partial charge in [-0.05, 0) is 29.7 Å². The van der Waals surface area contributed by atoms with Gasteiger partial charge in [0.05, 0.1) is 0 Å². The van der Waals surface area contributed by atoms with Crippen LogP contribution in [0.25, 0.3) is 6.08 Å². The van der Waals surface area contributed by atoms with Gasteiger partial charge in [-0.3, -0.25) is 9.59 Å². The second-order valence-corrected chi connectivity index (χ2v) is 5.96. The molecule has 0 bridgehead atoms. The lowest BCUT2D eigenvalue weighted by Gasteiger charge is -2.36. The molecule has 0 radical (unpaired) electrons. The van der Waals surface area contributed by atoms with Crippen molar-refractivity contribution in [1.82, 2.24) is 10.2 Å². The fraction of sp³-hybridized carbons (Fsp3) is 0.412. The number of amides is 2. The number of carbonyl (C=O) groups is 2. The number of piperazine rings is 1. The van der Waals surface area contributed by atoms with Gasteiger partial charge < -0.3 is 19.7 Å². The minimum absolute atomic E-state index is 0.0678. The van der Waals surface area contributed by atoms with Gasteiger partial charge in [0, 0.05) is 19.2 Å². The minimum atomic E-state index is -0.419. The number of benzene rings is 1. The second-order valence-electron chi connectivity index (χ2n) is 5.96. The molecule has 0 aliphatic carbocycles. The smallest absolute Gasteiger partial charge is 0.247 e. The molecule has 6 nitrogen and oxygen atoms in total. The van der Waals surface area contributed by atoms with Crippen LogP contribution < -0.4 is 14.8 Å². The molecule has 1 N–H and O–H groups in total. The van der Waals surface area contributed by atoms with Crippen molar-refractivity contribution in [3.05, 3.63) is 29.8 Å². The lowest BCUT2D eigenvalue weighted by atomic mass is 9.99. The van der Waals surface area contributed by atoms with E-state index in [9.17, 15) is 9.59 Å². The summed E-state index contributed by atoms with van der Waals surface area (Å²) in [6.07, 6.45) is 3.24. The van der Waals surface area contributed by atoms with E-state index in [-0.39, 0.29) is 24.5 Å². The van der Waals surface area contributed by atoms with Crippen LogP contribution >= 0.6 is 0 Å². The van der Waals surface area contributed by atoms with E-state index in [0.717, 1.165) is 5.56 Å². The Morgan fingerprint density at radius 2 is 2.13 bits per heavy atom. The molecule has 0 aromatic heterocycles. The number of ether oxygens (including phenoxy) is 2. The van der Waals surface area contributed by atoms with Gasteiger partial charge in [-0.2, -0.15) is 0 Å². The van der Waals surface area contributed by atoms with Gasteiger partial charge in [0.2, 0.25) is 18.6 Å². The monoisotopic (exact) mass is 316 g/mol. The van der Waals surface area contributed by atoms with Crippen LogP contribution in [0, 0.1) is 5.92 Å². The average Bonchev–Trinajstić information content (AvgIpc) is 2.99. The first-order chi connectivity index (χ1) is 11.1. The fourth-order valence-electron chi connectivity index (χ4n) is 2.87. The molecule has 2 aliphatic rings. The Morgan fingerprint density at radius 3 is 2.91 bits per heavy atom. The van der Waals surface area contributed by atoms with Crippen LogP contribution in [-0.4, -0.2) is 42.6 Å². The molecule has 1 fully saturated rings. The predicted molar refractivity (Wildman–Crippen MR) is 84.9 cm³/mol. The number of rotatable bonds is 3. The molecule has 3 rings (SSSR count). The van der Waals surface area contributed by atoms with Gasteiger partial charge in [-0.15, -0.1) is 0 Å². The lowest BCUT2D eigenvalue weighted by molar-refractivity contribution is -0.141. The predicted octanol–water partition coefficient (Wildman–Crippen LogP) is 1.41. The van der Waals surface area contributed by atoms with Crippen LogP contribution in [0.3, 0.4) is 0 Å². The summed E-state index contributed by atoms with van der Waals surface area (Å²) >= 11 is 0. The van der Waals surface area contributed by atoms with Gasteiger partial charge in [-0.1, -0.05) is 19.9 Å². The SMILES string of the molecule is CC(C)C1C(=O)NCCN1C(=O)C=Cc1ccc2c(c1)OCO2. The number of hydrogen-bond acceptors (Lipinski definition) is 4. The molecule has 122 valence electrons. The fourth-order valence-corrected chi connectivity index (χ4v) is 2.87. The summed E-state index contributed by atoms with van der Waals surface area (Å²) in [5.41, 5.74) is 0.852. The highest BCUT2D eigenvalue weighted by molar-refractivity contribution is 5.96. The van der Waals surface area contributed by atoms with E-state index in [2.05, 4.69) is 5.32 Å². The Morgan fingerprint density at radius 1 is 1.35 bits per heavy atom. The van der Waals surface area contributed by atoms with Crippen LogP contribution in [0.5, 0.6) is 11.5 Å². The van der Waals surface area contributed by atoms with Crippen molar-refractivity contribution in [2.24, 2.45) is 5.92 Å². The van der Waals surface area contributed by atoms with Gasteiger partial charge >= 0.3 is 0 Å². The molecule has 0 saturated carbocycles. The van der Waals surface area contributed by atoms with Crippen molar-refractivity contribution >= 4 is 17.9 Å². The van der Waals surface area contributed by atoms with Crippen LogP contribution in [0.1, 0.15) is 19.4 Å². The van der Waals surface area contributed by atoms with E-state index in [4.69, 9.17) is 9.47 Å². The maximum absolute atomic E-state index is 12.5. The zero-order valence-corrected chi connectivity index (χ0v) is 13.2. The van der Waals surface area contributed by atoms with Crippen molar-refractivity contribution < 1.29 is 19.1 Å². The largest absolute Gasteiger partial charge is 0.454 e.